The van der Waals surface area contributed by atoms with Gasteiger partial charge >= 0.3 is 0 Å². The van der Waals surface area contributed by atoms with Crippen molar-refractivity contribution in [3.8, 4) is 0 Å². The van der Waals surface area contributed by atoms with E-state index in [1.807, 2.05) is 25.1 Å². The van der Waals surface area contributed by atoms with E-state index in [1.54, 1.807) is 6.26 Å². The maximum Gasteiger partial charge on any atom is 0.105 e. The summed E-state index contributed by atoms with van der Waals surface area (Å²) >= 11 is 5.95. The number of likely N-dealkylation sites (N-methyl/N-ethyl adjacent to an activating group) is 1. The topological polar surface area (TPSA) is 42.4 Å². The van der Waals surface area contributed by atoms with E-state index in [0.29, 0.717) is 6.54 Å². The lowest BCUT2D eigenvalue weighted by Gasteiger charge is -2.38. The Bertz CT molecular complexity index is 579. The number of hydrogen-bond acceptors (Lipinski definition) is 3. The van der Waals surface area contributed by atoms with E-state index in [4.69, 9.17) is 21.8 Å². The van der Waals surface area contributed by atoms with Crippen LogP contribution in [-0.2, 0) is 13.0 Å². The minimum atomic E-state index is -0.114. The van der Waals surface area contributed by atoms with Crippen LogP contribution in [0, 0.1) is 6.92 Å². The van der Waals surface area contributed by atoms with Gasteiger partial charge in [-0.3, -0.25) is 4.90 Å². The zero-order valence-electron chi connectivity index (χ0n) is 12.9. The third-order valence-corrected chi connectivity index (χ3v) is 4.49. The maximum atomic E-state index is 6.06. The molecule has 0 fully saturated rings. The van der Waals surface area contributed by atoms with Gasteiger partial charge in [-0.25, -0.2) is 0 Å². The molecule has 0 saturated heterocycles. The Morgan fingerprint density at radius 3 is 2.43 bits per heavy atom. The first-order valence-corrected chi connectivity index (χ1v) is 7.51. The van der Waals surface area contributed by atoms with Crippen LogP contribution in [0.3, 0.4) is 0 Å². The lowest BCUT2D eigenvalue weighted by molar-refractivity contribution is 0.135. The van der Waals surface area contributed by atoms with E-state index in [1.165, 1.54) is 11.1 Å². The van der Waals surface area contributed by atoms with E-state index >= 15 is 0 Å². The molecule has 0 spiro atoms. The van der Waals surface area contributed by atoms with E-state index in [9.17, 15) is 0 Å². The third-order valence-electron chi connectivity index (χ3n) is 4.23. The summed E-state index contributed by atoms with van der Waals surface area (Å²) in [5.41, 5.74) is 8.39. The minimum absolute atomic E-state index is 0.114. The summed E-state index contributed by atoms with van der Waals surface area (Å²) in [6, 6.07) is 9.99. The number of nitrogens with two attached hydrogens (primary N) is 1. The molecule has 0 bridgehead atoms. The molecule has 3 nitrogen and oxygen atoms in total. The van der Waals surface area contributed by atoms with Crippen molar-refractivity contribution in [3.05, 3.63) is 58.5 Å². The summed E-state index contributed by atoms with van der Waals surface area (Å²) in [5, 5.41) is 0.760. The van der Waals surface area contributed by atoms with Crippen LogP contribution in [0.4, 0.5) is 0 Å². The van der Waals surface area contributed by atoms with Crippen LogP contribution >= 0.6 is 11.6 Å². The Labute approximate surface area is 131 Å². The highest BCUT2D eigenvalue weighted by molar-refractivity contribution is 6.30. The predicted molar refractivity (Wildman–Crippen MR) is 87.5 cm³/mol. The van der Waals surface area contributed by atoms with Crippen molar-refractivity contribution in [1.29, 1.82) is 0 Å². The highest BCUT2D eigenvalue weighted by Gasteiger charge is 2.28. The van der Waals surface area contributed by atoms with Gasteiger partial charge in [0.2, 0.25) is 0 Å². The summed E-state index contributed by atoms with van der Waals surface area (Å²) in [4.78, 5) is 2.29. The molecular formula is C17H23ClN2O. The van der Waals surface area contributed by atoms with E-state index < -0.39 is 0 Å². The smallest absolute Gasteiger partial charge is 0.105 e. The Morgan fingerprint density at radius 2 is 1.90 bits per heavy atom. The molecule has 0 saturated carbocycles. The molecular weight excluding hydrogens is 284 g/mol. The largest absolute Gasteiger partial charge is 0.469 e. The van der Waals surface area contributed by atoms with Gasteiger partial charge in [-0.1, -0.05) is 23.7 Å². The van der Waals surface area contributed by atoms with Gasteiger partial charge in [-0.15, -0.1) is 0 Å². The van der Waals surface area contributed by atoms with Gasteiger partial charge in [0.05, 0.1) is 6.26 Å². The van der Waals surface area contributed by atoms with E-state index in [0.717, 1.165) is 23.7 Å². The number of furan rings is 1. The van der Waals surface area contributed by atoms with Crippen LogP contribution in [-0.4, -0.2) is 24.0 Å². The fraction of sp³-hybridized carbons (Fsp3) is 0.412. The highest BCUT2D eigenvalue weighted by Crippen LogP contribution is 2.23. The van der Waals surface area contributed by atoms with Crippen LogP contribution in [0.5, 0.6) is 0 Å². The molecule has 2 N–H and O–H groups in total. The van der Waals surface area contributed by atoms with E-state index in [2.05, 4.69) is 31.0 Å². The van der Waals surface area contributed by atoms with Crippen LogP contribution < -0.4 is 5.73 Å². The predicted octanol–water partition coefficient (Wildman–Crippen LogP) is 3.63. The molecule has 1 aromatic heterocycles. The van der Waals surface area contributed by atoms with Gasteiger partial charge in [-0.05, 0) is 51.1 Å². The molecule has 4 heteroatoms. The molecule has 1 atom stereocenters. The first-order chi connectivity index (χ1) is 9.94. The quantitative estimate of drug-likeness (QED) is 0.886. The summed E-state index contributed by atoms with van der Waals surface area (Å²) in [5.74, 6) is 0.965. The van der Waals surface area contributed by atoms with Crippen molar-refractivity contribution in [2.24, 2.45) is 5.73 Å². The van der Waals surface area contributed by atoms with Crippen molar-refractivity contribution in [2.45, 2.75) is 32.4 Å². The molecule has 2 rings (SSSR count). The van der Waals surface area contributed by atoms with Crippen molar-refractivity contribution in [1.82, 2.24) is 4.90 Å². The van der Waals surface area contributed by atoms with Crippen molar-refractivity contribution in [3.63, 3.8) is 0 Å². The minimum Gasteiger partial charge on any atom is -0.469 e. The van der Waals surface area contributed by atoms with Gasteiger partial charge in [0, 0.05) is 29.2 Å². The average Bonchev–Trinajstić information content (AvgIpc) is 2.86. The Balaban J connectivity index is 2.12. The van der Waals surface area contributed by atoms with Gasteiger partial charge in [0.15, 0.2) is 0 Å². The molecule has 0 aliphatic rings. The SMILES string of the molecule is Cc1occc1CN(C)C(C)(CN)Cc1ccc(Cl)cc1. The zero-order chi connectivity index (χ0) is 15.5. The van der Waals surface area contributed by atoms with Gasteiger partial charge < -0.3 is 10.2 Å². The van der Waals surface area contributed by atoms with Crippen molar-refractivity contribution >= 4 is 11.6 Å². The second-order valence-electron chi connectivity index (χ2n) is 5.86. The summed E-state index contributed by atoms with van der Waals surface area (Å²) in [7, 11) is 2.11. The summed E-state index contributed by atoms with van der Waals surface area (Å²) in [6.07, 6.45) is 2.62. The highest BCUT2D eigenvalue weighted by atomic mass is 35.5. The standard InChI is InChI=1S/C17H23ClN2O/c1-13-15(8-9-21-13)11-20(3)17(2,12-19)10-14-4-6-16(18)7-5-14/h4-9H,10-12,19H2,1-3H3. The number of halogens is 1. The molecule has 114 valence electrons. The van der Waals surface area contributed by atoms with Crippen molar-refractivity contribution in [2.75, 3.05) is 13.6 Å². The molecule has 0 radical (unpaired) electrons. The number of benzene rings is 1. The molecule has 1 heterocycles. The van der Waals surface area contributed by atoms with Crippen LogP contribution in [0.2, 0.25) is 5.02 Å². The third kappa shape index (κ3) is 3.88. The number of aryl methyl sites for hydroxylation is 1. The lowest BCUT2D eigenvalue weighted by Crippen LogP contribution is -2.50. The fourth-order valence-electron chi connectivity index (χ4n) is 2.43. The average molecular weight is 307 g/mol. The number of hydrogen-bond donors (Lipinski definition) is 1. The first kappa shape index (κ1) is 16.1. The molecule has 0 amide bonds. The number of rotatable bonds is 6. The normalized spacial score (nSPS) is 14.4. The van der Waals surface area contributed by atoms with E-state index in [-0.39, 0.29) is 5.54 Å². The van der Waals surface area contributed by atoms with Crippen molar-refractivity contribution < 1.29 is 4.42 Å². The lowest BCUT2D eigenvalue weighted by atomic mass is 9.91. The summed E-state index contributed by atoms with van der Waals surface area (Å²) in [6.45, 7) is 5.59. The molecule has 21 heavy (non-hydrogen) atoms. The molecule has 1 aromatic carbocycles. The van der Waals surface area contributed by atoms with Crippen LogP contribution in [0.25, 0.3) is 0 Å². The zero-order valence-corrected chi connectivity index (χ0v) is 13.7. The molecule has 0 aliphatic carbocycles. The molecule has 1 unspecified atom stereocenters. The van der Waals surface area contributed by atoms with Gasteiger partial charge in [0.1, 0.15) is 5.76 Å². The van der Waals surface area contributed by atoms with Gasteiger partial charge in [0.25, 0.3) is 0 Å². The molecule has 2 aromatic rings. The Hall–Kier alpha value is -1.29. The monoisotopic (exact) mass is 306 g/mol. The van der Waals surface area contributed by atoms with Crippen LogP contribution in [0.1, 0.15) is 23.8 Å². The van der Waals surface area contributed by atoms with Gasteiger partial charge in [-0.2, -0.15) is 0 Å². The maximum absolute atomic E-state index is 6.06. The van der Waals surface area contributed by atoms with Crippen LogP contribution in [0.15, 0.2) is 41.0 Å². The fourth-order valence-corrected chi connectivity index (χ4v) is 2.55. The Morgan fingerprint density at radius 1 is 1.24 bits per heavy atom. The summed E-state index contributed by atoms with van der Waals surface area (Å²) < 4.78 is 5.37. The number of nitrogens with zero attached hydrogens (tertiary/aromatic N) is 1. The Kier molecular flexibility index (Phi) is 5.09. The molecule has 0 aliphatic heterocycles. The second kappa shape index (κ2) is 6.65. The first-order valence-electron chi connectivity index (χ1n) is 7.13. The second-order valence-corrected chi connectivity index (χ2v) is 6.30.